The van der Waals surface area contributed by atoms with Crippen LogP contribution in [0.4, 0.5) is 0 Å². The number of benzene rings is 2. The van der Waals surface area contributed by atoms with Crippen molar-refractivity contribution < 1.29 is 0 Å². The van der Waals surface area contributed by atoms with Crippen molar-refractivity contribution in [1.82, 2.24) is 19.9 Å². The molecule has 0 spiro atoms. The second-order valence-electron chi connectivity index (χ2n) is 6.52. The van der Waals surface area contributed by atoms with E-state index in [1.807, 2.05) is 25.5 Å². The Morgan fingerprint density at radius 1 is 0.963 bits per heavy atom. The Morgan fingerprint density at radius 2 is 1.78 bits per heavy atom. The summed E-state index contributed by atoms with van der Waals surface area (Å²) in [6.45, 7) is 5.75. The molecule has 5 heteroatoms. The second kappa shape index (κ2) is 7.86. The first-order valence-corrected chi connectivity index (χ1v) is 9.83. The third-order valence-corrected chi connectivity index (χ3v) is 5.65. The summed E-state index contributed by atoms with van der Waals surface area (Å²) in [6.07, 6.45) is 5.82. The molecule has 0 unspecified atom stereocenters. The minimum atomic E-state index is 0.797. The van der Waals surface area contributed by atoms with Crippen LogP contribution in [-0.4, -0.2) is 14.5 Å². The molecule has 2 heterocycles. The molecule has 1 N–H and O–H groups in total. The molecule has 2 aromatic carbocycles. The molecule has 27 heavy (non-hydrogen) atoms. The first-order valence-electron chi connectivity index (χ1n) is 9.02. The summed E-state index contributed by atoms with van der Waals surface area (Å²) < 4.78 is 2.12. The van der Waals surface area contributed by atoms with Gasteiger partial charge in [0.15, 0.2) is 0 Å². The summed E-state index contributed by atoms with van der Waals surface area (Å²) in [6, 6.07) is 16.8. The fourth-order valence-electron chi connectivity index (χ4n) is 3.17. The van der Waals surface area contributed by atoms with Crippen molar-refractivity contribution in [2.75, 3.05) is 0 Å². The molecule has 0 atom stereocenters. The van der Waals surface area contributed by atoms with Crippen molar-refractivity contribution >= 4 is 11.3 Å². The molecule has 0 bridgehead atoms. The minimum Gasteiger partial charge on any atom is -0.308 e. The lowest BCUT2D eigenvalue weighted by Crippen LogP contribution is -2.14. The number of imidazole rings is 1. The van der Waals surface area contributed by atoms with Crippen molar-refractivity contribution in [2.45, 2.75) is 26.9 Å². The van der Waals surface area contributed by atoms with Crippen LogP contribution in [0, 0.1) is 13.8 Å². The standard InChI is InChI=1S/C22H22N4S/c1-16-7-3-5-9-20(16)22-25-15-19(27-22)14-23-13-18-8-4-6-10-21(18)26-12-11-24-17(26)2/h3-12,15,23H,13-14H2,1-2H3. The van der Waals surface area contributed by atoms with E-state index in [-0.39, 0.29) is 0 Å². The molecule has 2 aromatic heterocycles. The van der Waals surface area contributed by atoms with E-state index in [9.17, 15) is 0 Å². The highest BCUT2D eigenvalue weighted by molar-refractivity contribution is 7.15. The zero-order chi connectivity index (χ0) is 18.6. The molecule has 0 aliphatic carbocycles. The normalized spacial score (nSPS) is 11.0. The topological polar surface area (TPSA) is 42.7 Å². The van der Waals surface area contributed by atoms with Crippen LogP contribution in [0.15, 0.2) is 67.1 Å². The Hall–Kier alpha value is -2.76. The van der Waals surface area contributed by atoms with Gasteiger partial charge in [-0.15, -0.1) is 11.3 Å². The van der Waals surface area contributed by atoms with E-state index in [0.717, 1.165) is 23.9 Å². The lowest BCUT2D eigenvalue weighted by Gasteiger charge is -2.12. The van der Waals surface area contributed by atoms with Gasteiger partial charge >= 0.3 is 0 Å². The quantitative estimate of drug-likeness (QED) is 0.522. The zero-order valence-electron chi connectivity index (χ0n) is 15.5. The van der Waals surface area contributed by atoms with Crippen molar-refractivity contribution in [2.24, 2.45) is 0 Å². The third-order valence-electron chi connectivity index (χ3n) is 4.62. The molecule has 4 nitrogen and oxygen atoms in total. The van der Waals surface area contributed by atoms with E-state index >= 15 is 0 Å². The molecule has 0 radical (unpaired) electrons. The number of nitrogens with one attached hydrogen (secondary N) is 1. The number of aromatic nitrogens is 3. The predicted molar refractivity (Wildman–Crippen MR) is 111 cm³/mol. The summed E-state index contributed by atoms with van der Waals surface area (Å²) >= 11 is 1.75. The molecule has 136 valence electrons. The van der Waals surface area contributed by atoms with Crippen LogP contribution in [-0.2, 0) is 13.1 Å². The summed E-state index contributed by atoms with van der Waals surface area (Å²) in [5.74, 6) is 0.993. The molecule has 4 rings (SSSR count). The van der Waals surface area contributed by atoms with Gasteiger partial charge in [0, 0.05) is 42.1 Å². The Kier molecular flexibility index (Phi) is 5.14. The fraction of sp³-hybridized carbons (Fsp3) is 0.182. The smallest absolute Gasteiger partial charge is 0.123 e. The number of aryl methyl sites for hydroxylation is 2. The number of thiazole rings is 1. The van der Waals surface area contributed by atoms with Gasteiger partial charge < -0.3 is 9.88 Å². The molecule has 0 fully saturated rings. The molecular formula is C22H22N4S. The second-order valence-corrected chi connectivity index (χ2v) is 7.64. The molecule has 0 aliphatic heterocycles. The fourth-order valence-corrected chi connectivity index (χ4v) is 4.15. The predicted octanol–water partition coefficient (Wildman–Crippen LogP) is 4.90. The lowest BCUT2D eigenvalue weighted by atomic mass is 10.1. The van der Waals surface area contributed by atoms with Gasteiger partial charge in [-0.1, -0.05) is 42.5 Å². The first kappa shape index (κ1) is 17.6. The van der Waals surface area contributed by atoms with E-state index in [2.05, 4.69) is 75.3 Å². The number of hydrogen-bond acceptors (Lipinski definition) is 4. The minimum absolute atomic E-state index is 0.797. The summed E-state index contributed by atoms with van der Waals surface area (Å²) in [4.78, 5) is 10.2. The highest BCUT2D eigenvalue weighted by atomic mass is 32.1. The number of rotatable bonds is 6. The first-order chi connectivity index (χ1) is 13.2. The van der Waals surface area contributed by atoms with Gasteiger partial charge in [0.2, 0.25) is 0 Å². The van der Waals surface area contributed by atoms with Gasteiger partial charge in [-0.2, -0.15) is 0 Å². The van der Waals surface area contributed by atoms with Crippen molar-refractivity contribution in [3.63, 3.8) is 0 Å². The molecule has 0 amide bonds. The average molecular weight is 375 g/mol. The molecular weight excluding hydrogens is 352 g/mol. The Balaban J connectivity index is 1.45. The van der Waals surface area contributed by atoms with Crippen LogP contribution in [0.1, 0.15) is 21.8 Å². The monoisotopic (exact) mass is 374 g/mol. The SMILES string of the molecule is Cc1ccccc1-c1ncc(CNCc2ccccc2-n2ccnc2C)s1. The third kappa shape index (κ3) is 3.84. The molecule has 4 aromatic rings. The van der Waals surface area contributed by atoms with Crippen LogP contribution < -0.4 is 5.32 Å². The van der Waals surface area contributed by atoms with Gasteiger partial charge in [0.05, 0.1) is 5.69 Å². The maximum atomic E-state index is 4.61. The molecule has 0 saturated carbocycles. The number of hydrogen-bond donors (Lipinski definition) is 1. The highest BCUT2D eigenvalue weighted by Gasteiger charge is 2.09. The molecule has 0 aliphatic rings. The van der Waals surface area contributed by atoms with E-state index in [4.69, 9.17) is 0 Å². The zero-order valence-corrected chi connectivity index (χ0v) is 16.3. The van der Waals surface area contributed by atoms with Crippen LogP contribution in [0.25, 0.3) is 16.3 Å². The van der Waals surface area contributed by atoms with Crippen molar-refractivity contribution in [3.05, 3.63) is 88.9 Å². The van der Waals surface area contributed by atoms with Gasteiger partial charge in [-0.3, -0.25) is 0 Å². The summed E-state index contributed by atoms with van der Waals surface area (Å²) in [5, 5.41) is 4.64. The maximum absolute atomic E-state index is 4.61. The molecule has 0 saturated heterocycles. The largest absolute Gasteiger partial charge is 0.308 e. The van der Waals surface area contributed by atoms with Crippen LogP contribution in [0.2, 0.25) is 0 Å². The van der Waals surface area contributed by atoms with Gasteiger partial charge in [-0.05, 0) is 31.0 Å². The number of nitrogens with zero attached hydrogens (tertiary/aromatic N) is 3. The Labute approximate surface area is 163 Å². The Morgan fingerprint density at radius 3 is 2.59 bits per heavy atom. The van der Waals surface area contributed by atoms with Crippen LogP contribution in [0.3, 0.4) is 0 Å². The average Bonchev–Trinajstić information content (AvgIpc) is 3.32. The van der Waals surface area contributed by atoms with Gasteiger partial charge in [0.1, 0.15) is 10.8 Å². The van der Waals surface area contributed by atoms with Gasteiger partial charge in [0.25, 0.3) is 0 Å². The summed E-state index contributed by atoms with van der Waals surface area (Å²) in [7, 11) is 0. The highest BCUT2D eigenvalue weighted by Crippen LogP contribution is 2.27. The lowest BCUT2D eigenvalue weighted by molar-refractivity contribution is 0.695. The van der Waals surface area contributed by atoms with E-state index < -0.39 is 0 Å². The van der Waals surface area contributed by atoms with Crippen LogP contribution >= 0.6 is 11.3 Å². The Bertz CT molecular complexity index is 1050. The maximum Gasteiger partial charge on any atom is 0.123 e. The van der Waals surface area contributed by atoms with Gasteiger partial charge in [-0.25, -0.2) is 9.97 Å². The van der Waals surface area contributed by atoms with E-state index in [1.54, 1.807) is 11.3 Å². The number of para-hydroxylation sites is 1. The van der Waals surface area contributed by atoms with Crippen LogP contribution in [0.5, 0.6) is 0 Å². The van der Waals surface area contributed by atoms with E-state index in [1.165, 1.54) is 27.3 Å². The van der Waals surface area contributed by atoms with E-state index in [0.29, 0.717) is 0 Å². The van der Waals surface area contributed by atoms with Crippen molar-refractivity contribution in [1.29, 1.82) is 0 Å². The van der Waals surface area contributed by atoms with Crippen molar-refractivity contribution in [3.8, 4) is 16.3 Å². The summed E-state index contributed by atoms with van der Waals surface area (Å²) in [5.41, 5.74) is 4.90.